The van der Waals surface area contributed by atoms with Crippen molar-refractivity contribution in [1.82, 2.24) is 20.2 Å². The molecule has 1 fully saturated rings. The number of nitrogens with two attached hydrogens (primary N) is 1. The first-order valence-corrected chi connectivity index (χ1v) is 12.2. The van der Waals surface area contributed by atoms with Crippen LogP contribution in [0.5, 0.6) is 0 Å². The van der Waals surface area contributed by atoms with Crippen LogP contribution in [0.1, 0.15) is 18.4 Å². The lowest BCUT2D eigenvalue weighted by molar-refractivity contribution is 0.502. The van der Waals surface area contributed by atoms with Gasteiger partial charge >= 0.3 is 5.69 Å². The van der Waals surface area contributed by atoms with Crippen LogP contribution in [0, 0.1) is 12.7 Å². The molecule has 6 rings (SSSR count). The summed E-state index contributed by atoms with van der Waals surface area (Å²) in [4.78, 5) is 19.9. The molecule has 5 aromatic rings. The highest BCUT2D eigenvalue weighted by molar-refractivity contribution is 6.34. The van der Waals surface area contributed by atoms with E-state index in [1.54, 1.807) is 6.07 Å². The number of fused-ring (bicyclic) bond motifs is 2. The van der Waals surface area contributed by atoms with Gasteiger partial charge in [0.05, 0.1) is 27.3 Å². The lowest BCUT2D eigenvalue weighted by Crippen LogP contribution is -2.40. The number of hydrogen-bond acceptors (Lipinski definition) is 5. The van der Waals surface area contributed by atoms with E-state index >= 15 is 0 Å². The lowest BCUT2D eigenvalue weighted by atomic mass is 9.97. The van der Waals surface area contributed by atoms with Crippen LogP contribution >= 0.6 is 11.6 Å². The second-order valence-corrected chi connectivity index (χ2v) is 9.80. The summed E-state index contributed by atoms with van der Waals surface area (Å²) in [6.45, 7) is 3.36. The third-order valence-electron chi connectivity index (χ3n) is 6.84. The number of aryl methyl sites for hydroxylation is 1. The molecular formula is C27H24ClFN6O. The normalized spacial score (nSPS) is 14.7. The molecule has 7 nitrogen and oxygen atoms in total. The van der Waals surface area contributed by atoms with E-state index in [1.807, 2.05) is 37.3 Å². The van der Waals surface area contributed by atoms with Gasteiger partial charge in [-0.1, -0.05) is 23.7 Å². The Morgan fingerprint density at radius 2 is 1.86 bits per heavy atom. The molecule has 0 saturated carbocycles. The van der Waals surface area contributed by atoms with Crippen molar-refractivity contribution in [2.45, 2.75) is 25.8 Å². The molecule has 3 aromatic carbocycles. The number of nitrogens with zero attached hydrogens (tertiary/aromatic N) is 3. The van der Waals surface area contributed by atoms with Gasteiger partial charge in [0.25, 0.3) is 0 Å². The Morgan fingerprint density at radius 1 is 1.06 bits per heavy atom. The lowest BCUT2D eigenvalue weighted by Gasteiger charge is -2.33. The number of H-pyrrole nitrogens is 2. The van der Waals surface area contributed by atoms with Crippen LogP contribution in [0.3, 0.4) is 0 Å². The van der Waals surface area contributed by atoms with Gasteiger partial charge in [0.15, 0.2) is 0 Å². The summed E-state index contributed by atoms with van der Waals surface area (Å²) in [5.74, 6) is -0.321. The molecule has 182 valence electrons. The monoisotopic (exact) mass is 502 g/mol. The number of benzene rings is 3. The molecule has 0 atom stereocenters. The molecule has 0 unspecified atom stereocenters. The van der Waals surface area contributed by atoms with Crippen molar-refractivity contribution < 1.29 is 4.39 Å². The van der Waals surface area contributed by atoms with Crippen molar-refractivity contribution >= 4 is 39.2 Å². The topological polar surface area (TPSA) is 104 Å². The maximum Gasteiger partial charge on any atom is 0.323 e. The maximum atomic E-state index is 14.4. The number of nitrogens with one attached hydrogen (secondary N) is 2. The number of para-hydroxylation sites is 1. The third-order valence-corrected chi connectivity index (χ3v) is 7.15. The van der Waals surface area contributed by atoms with E-state index < -0.39 is 0 Å². The molecule has 1 aliphatic heterocycles. The zero-order valence-corrected chi connectivity index (χ0v) is 20.4. The highest BCUT2D eigenvalue weighted by Crippen LogP contribution is 2.41. The molecule has 1 saturated heterocycles. The number of aromatic nitrogens is 4. The number of anilines is 1. The van der Waals surface area contributed by atoms with Crippen LogP contribution in [-0.4, -0.2) is 39.3 Å². The molecule has 0 bridgehead atoms. The SMILES string of the molecule is Cc1cc(F)cc(-c2nnc3cc(Cl)c(-c4cccc5[nH]c(=O)[nH]c45)cc3c2N2CCC(N)CC2)c1. The summed E-state index contributed by atoms with van der Waals surface area (Å²) in [7, 11) is 0. The summed E-state index contributed by atoms with van der Waals surface area (Å²) in [6, 6.07) is 14.5. The van der Waals surface area contributed by atoms with Crippen LogP contribution in [0.2, 0.25) is 5.02 Å². The molecule has 0 aliphatic carbocycles. The van der Waals surface area contributed by atoms with Crippen molar-refractivity contribution in [3.63, 3.8) is 0 Å². The van der Waals surface area contributed by atoms with Crippen molar-refractivity contribution in [2.24, 2.45) is 5.73 Å². The summed E-state index contributed by atoms with van der Waals surface area (Å²) in [5.41, 5.74) is 12.4. The summed E-state index contributed by atoms with van der Waals surface area (Å²) >= 11 is 6.75. The average Bonchev–Trinajstić information content (AvgIpc) is 3.23. The van der Waals surface area contributed by atoms with E-state index in [0.717, 1.165) is 53.7 Å². The van der Waals surface area contributed by atoms with Gasteiger partial charge in [-0.05, 0) is 61.7 Å². The Balaban J connectivity index is 1.64. The van der Waals surface area contributed by atoms with Crippen LogP contribution in [0.25, 0.3) is 44.3 Å². The number of hydrogen-bond donors (Lipinski definition) is 3. The second kappa shape index (κ2) is 8.72. The van der Waals surface area contributed by atoms with E-state index in [9.17, 15) is 9.18 Å². The fourth-order valence-electron chi connectivity index (χ4n) is 5.11. The molecular weight excluding hydrogens is 479 g/mol. The molecule has 3 heterocycles. The predicted molar refractivity (Wildman–Crippen MR) is 142 cm³/mol. The first-order chi connectivity index (χ1) is 17.4. The minimum atomic E-state index is -0.321. The number of aromatic amines is 2. The number of imidazole rings is 1. The van der Waals surface area contributed by atoms with Crippen LogP contribution in [-0.2, 0) is 0 Å². The zero-order valence-electron chi connectivity index (χ0n) is 19.6. The van der Waals surface area contributed by atoms with E-state index in [1.165, 1.54) is 12.1 Å². The van der Waals surface area contributed by atoms with Gasteiger partial charge in [0, 0.05) is 41.2 Å². The summed E-state index contributed by atoms with van der Waals surface area (Å²) in [5, 5.41) is 10.4. The van der Waals surface area contributed by atoms with Crippen LogP contribution < -0.4 is 16.3 Å². The number of piperidine rings is 1. The third kappa shape index (κ3) is 3.92. The highest BCUT2D eigenvalue weighted by atomic mass is 35.5. The van der Waals surface area contributed by atoms with Gasteiger partial charge in [0.2, 0.25) is 0 Å². The predicted octanol–water partition coefficient (Wildman–Crippen LogP) is 5.16. The van der Waals surface area contributed by atoms with Gasteiger partial charge in [0.1, 0.15) is 11.5 Å². The van der Waals surface area contributed by atoms with Gasteiger partial charge in [-0.3, -0.25) is 0 Å². The minimum Gasteiger partial charge on any atom is -0.369 e. The van der Waals surface area contributed by atoms with E-state index in [4.69, 9.17) is 17.3 Å². The number of rotatable bonds is 3. The first-order valence-electron chi connectivity index (χ1n) is 11.9. The van der Waals surface area contributed by atoms with Gasteiger partial charge in [-0.15, -0.1) is 10.2 Å². The summed E-state index contributed by atoms with van der Waals surface area (Å²) < 4.78 is 14.4. The molecule has 4 N–H and O–H groups in total. The van der Waals surface area contributed by atoms with E-state index in [2.05, 4.69) is 25.1 Å². The summed E-state index contributed by atoms with van der Waals surface area (Å²) in [6.07, 6.45) is 1.69. The fraction of sp³-hybridized carbons (Fsp3) is 0.222. The Kier molecular flexibility index (Phi) is 5.50. The van der Waals surface area contributed by atoms with Crippen LogP contribution in [0.4, 0.5) is 10.1 Å². The van der Waals surface area contributed by atoms with E-state index in [0.29, 0.717) is 32.8 Å². The molecule has 36 heavy (non-hydrogen) atoms. The van der Waals surface area contributed by atoms with Gasteiger partial charge in [-0.25, -0.2) is 9.18 Å². The van der Waals surface area contributed by atoms with Crippen molar-refractivity contribution in [1.29, 1.82) is 0 Å². The van der Waals surface area contributed by atoms with Crippen molar-refractivity contribution in [2.75, 3.05) is 18.0 Å². The number of halogens is 2. The molecule has 2 aromatic heterocycles. The Labute approximate surface area is 211 Å². The van der Waals surface area contributed by atoms with Crippen molar-refractivity contribution in [3.05, 3.63) is 75.4 Å². The molecule has 1 aliphatic rings. The Morgan fingerprint density at radius 3 is 2.64 bits per heavy atom. The Bertz CT molecular complexity index is 1670. The molecule has 0 spiro atoms. The minimum absolute atomic E-state index is 0.148. The largest absolute Gasteiger partial charge is 0.369 e. The Hall–Kier alpha value is -3.75. The smallest absolute Gasteiger partial charge is 0.323 e. The van der Waals surface area contributed by atoms with Crippen molar-refractivity contribution in [3.8, 4) is 22.4 Å². The molecule has 9 heteroatoms. The first kappa shape index (κ1) is 22.7. The zero-order chi connectivity index (χ0) is 25.0. The second-order valence-electron chi connectivity index (χ2n) is 9.40. The maximum absolute atomic E-state index is 14.4. The quantitative estimate of drug-likeness (QED) is 0.316. The molecule has 0 radical (unpaired) electrons. The van der Waals surface area contributed by atoms with Gasteiger partial charge in [-0.2, -0.15) is 0 Å². The standard InChI is InChI=1S/C27H24ClFN6O/c1-14-9-15(11-16(29)10-14)24-26(35-7-5-17(30)6-8-35)20-12-19(21(28)13-23(20)33-34-24)18-3-2-4-22-25(18)32-27(36)31-22/h2-4,9-13,17H,5-8,30H2,1H3,(H2,31,32,36). The van der Waals surface area contributed by atoms with Gasteiger partial charge < -0.3 is 20.6 Å². The fourth-order valence-corrected chi connectivity index (χ4v) is 5.37. The van der Waals surface area contributed by atoms with E-state index in [-0.39, 0.29) is 17.5 Å². The molecule has 0 amide bonds. The highest BCUT2D eigenvalue weighted by Gasteiger charge is 2.25. The van der Waals surface area contributed by atoms with Crippen LogP contribution in [0.15, 0.2) is 53.3 Å². The average molecular weight is 503 g/mol.